The maximum absolute atomic E-state index is 5.75. The number of fused-ring (bicyclic) bond motifs is 1. The summed E-state index contributed by atoms with van der Waals surface area (Å²) in [6, 6.07) is 0.775. The molecule has 3 aliphatic rings. The number of rotatable bonds is 6. The van der Waals surface area contributed by atoms with Crippen molar-refractivity contribution in [3.05, 3.63) is 0 Å². The Labute approximate surface area is 105 Å². The van der Waals surface area contributed by atoms with Gasteiger partial charge in [0.15, 0.2) is 0 Å². The van der Waals surface area contributed by atoms with Crippen molar-refractivity contribution < 1.29 is 4.74 Å². The molecular formula is C15H27NO. The van der Waals surface area contributed by atoms with Gasteiger partial charge in [0.05, 0.1) is 6.10 Å². The van der Waals surface area contributed by atoms with Crippen LogP contribution >= 0.6 is 0 Å². The van der Waals surface area contributed by atoms with Crippen molar-refractivity contribution in [2.24, 2.45) is 17.8 Å². The van der Waals surface area contributed by atoms with Crippen molar-refractivity contribution in [3.8, 4) is 0 Å². The Bertz CT molecular complexity index is 239. The Morgan fingerprint density at radius 2 is 2.06 bits per heavy atom. The summed E-state index contributed by atoms with van der Waals surface area (Å²) in [5, 5.41) is 3.73. The molecule has 1 N–H and O–H groups in total. The molecule has 1 saturated heterocycles. The van der Waals surface area contributed by atoms with Gasteiger partial charge in [-0.15, -0.1) is 0 Å². The van der Waals surface area contributed by atoms with Gasteiger partial charge in [-0.3, -0.25) is 0 Å². The molecule has 17 heavy (non-hydrogen) atoms. The van der Waals surface area contributed by atoms with Crippen LogP contribution in [0, 0.1) is 17.8 Å². The number of nitrogens with one attached hydrogen (secondary N) is 1. The molecule has 0 aromatic carbocycles. The van der Waals surface area contributed by atoms with Gasteiger partial charge in [-0.2, -0.15) is 0 Å². The number of ether oxygens (including phenoxy) is 1. The van der Waals surface area contributed by atoms with Crippen molar-refractivity contribution in [2.75, 3.05) is 13.2 Å². The molecule has 4 unspecified atom stereocenters. The van der Waals surface area contributed by atoms with E-state index in [-0.39, 0.29) is 0 Å². The number of hydrogen-bond acceptors (Lipinski definition) is 2. The van der Waals surface area contributed by atoms with Gasteiger partial charge in [-0.05, 0) is 69.2 Å². The first kappa shape index (κ1) is 12.0. The normalized spacial score (nSPS) is 41.5. The summed E-state index contributed by atoms with van der Waals surface area (Å²) in [6.45, 7) is 4.38. The summed E-state index contributed by atoms with van der Waals surface area (Å²) in [7, 11) is 0. The van der Waals surface area contributed by atoms with Gasteiger partial charge in [0.2, 0.25) is 0 Å². The summed E-state index contributed by atoms with van der Waals surface area (Å²) in [6.07, 6.45) is 10.3. The second kappa shape index (κ2) is 5.27. The Kier molecular flexibility index (Phi) is 3.72. The number of hydrogen-bond donors (Lipinski definition) is 1. The highest BCUT2D eigenvalue weighted by Crippen LogP contribution is 2.55. The third-order valence-electron chi connectivity index (χ3n) is 5.14. The van der Waals surface area contributed by atoms with Crippen molar-refractivity contribution >= 4 is 0 Å². The standard InChI is InChI=1S/C15H27NO/c1-2-16-15(6-5-14-4-3-7-17-14)13-9-11-8-12(11)10-13/h11-16H,2-10H2,1H3. The molecule has 2 aliphatic carbocycles. The summed E-state index contributed by atoms with van der Waals surface area (Å²) < 4.78 is 5.75. The molecule has 0 radical (unpaired) electrons. The summed E-state index contributed by atoms with van der Waals surface area (Å²) in [5.74, 6) is 3.20. The highest BCUT2D eigenvalue weighted by Gasteiger charge is 2.47. The fraction of sp³-hybridized carbons (Fsp3) is 1.00. The van der Waals surface area contributed by atoms with E-state index >= 15 is 0 Å². The second-order valence-corrected chi connectivity index (χ2v) is 6.36. The lowest BCUT2D eigenvalue weighted by atomic mass is 9.90. The molecule has 2 heteroatoms. The Morgan fingerprint density at radius 3 is 2.71 bits per heavy atom. The van der Waals surface area contributed by atoms with Crippen LogP contribution in [0.4, 0.5) is 0 Å². The van der Waals surface area contributed by atoms with Crippen molar-refractivity contribution in [3.63, 3.8) is 0 Å². The van der Waals surface area contributed by atoms with Crippen LogP contribution in [0.15, 0.2) is 0 Å². The van der Waals surface area contributed by atoms with Gasteiger partial charge in [0.25, 0.3) is 0 Å². The zero-order chi connectivity index (χ0) is 11.7. The monoisotopic (exact) mass is 237 g/mol. The Hall–Kier alpha value is -0.0800. The van der Waals surface area contributed by atoms with E-state index in [1.807, 2.05) is 0 Å². The molecule has 2 nitrogen and oxygen atoms in total. The van der Waals surface area contributed by atoms with Crippen molar-refractivity contribution in [2.45, 2.75) is 64.0 Å². The summed E-state index contributed by atoms with van der Waals surface area (Å²) >= 11 is 0. The van der Waals surface area contributed by atoms with Gasteiger partial charge in [-0.1, -0.05) is 6.92 Å². The van der Waals surface area contributed by atoms with Crippen molar-refractivity contribution in [1.29, 1.82) is 0 Å². The molecule has 4 atom stereocenters. The lowest BCUT2D eigenvalue weighted by Gasteiger charge is -2.26. The lowest BCUT2D eigenvalue weighted by Crippen LogP contribution is -2.36. The minimum Gasteiger partial charge on any atom is -0.378 e. The average molecular weight is 237 g/mol. The molecule has 0 aromatic heterocycles. The van der Waals surface area contributed by atoms with E-state index in [1.165, 1.54) is 38.5 Å². The molecule has 1 heterocycles. The SMILES string of the molecule is CCNC(CCC1CCCO1)C1CC2CC2C1. The summed E-state index contributed by atoms with van der Waals surface area (Å²) in [5.41, 5.74) is 0. The molecule has 0 spiro atoms. The first-order valence-electron chi connectivity index (χ1n) is 7.71. The largest absolute Gasteiger partial charge is 0.378 e. The molecule has 1 aliphatic heterocycles. The van der Waals surface area contributed by atoms with E-state index in [2.05, 4.69) is 12.2 Å². The van der Waals surface area contributed by atoms with Crippen LogP contribution in [-0.2, 0) is 4.74 Å². The van der Waals surface area contributed by atoms with E-state index in [4.69, 9.17) is 4.74 Å². The topological polar surface area (TPSA) is 21.3 Å². The third kappa shape index (κ3) is 2.85. The fourth-order valence-corrected chi connectivity index (χ4v) is 4.09. The molecule has 3 rings (SSSR count). The highest BCUT2D eigenvalue weighted by atomic mass is 16.5. The molecule has 3 fully saturated rings. The van der Waals surface area contributed by atoms with Crippen LogP contribution in [0.5, 0.6) is 0 Å². The van der Waals surface area contributed by atoms with Gasteiger partial charge < -0.3 is 10.1 Å². The fourth-order valence-electron chi connectivity index (χ4n) is 4.09. The average Bonchev–Trinajstić information content (AvgIpc) is 2.81. The van der Waals surface area contributed by atoms with Crippen LogP contribution in [-0.4, -0.2) is 25.3 Å². The minimum atomic E-state index is 0.576. The van der Waals surface area contributed by atoms with Crippen LogP contribution in [0.1, 0.15) is 51.9 Å². The van der Waals surface area contributed by atoms with E-state index < -0.39 is 0 Å². The van der Waals surface area contributed by atoms with E-state index in [9.17, 15) is 0 Å². The van der Waals surface area contributed by atoms with E-state index in [0.29, 0.717) is 6.10 Å². The predicted molar refractivity (Wildman–Crippen MR) is 70.0 cm³/mol. The molecular weight excluding hydrogens is 210 g/mol. The molecule has 0 aromatic rings. The molecule has 2 saturated carbocycles. The van der Waals surface area contributed by atoms with Gasteiger partial charge in [0, 0.05) is 12.6 Å². The smallest absolute Gasteiger partial charge is 0.0576 e. The first-order chi connectivity index (χ1) is 8.36. The van der Waals surface area contributed by atoms with Gasteiger partial charge in [-0.25, -0.2) is 0 Å². The van der Waals surface area contributed by atoms with Crippen LogP contribution in [0.25, 0.3) is 0 Å². The van der Waals surface area contributed by atoms with E-state index in [0.717, 1.165) is 36.9 Å². The van der Waals surface area contributed by atoms with Crippen LogP contribution in [0.3, 0.4) is 0 Å². The van der Waals surface area contributed by atoms with Gasteiger partial charge in [0.1, 0.15) is 0 Å². The lowest BCUT2D eigenvalue weighted by molar-refractivity contribution is 0.0969. The van der Waals surface area contributed by atoms with E-state index in [1.54, 1.807) is 6.42 Å². The third-order valence-corrected chi connectivity index (χ3v) is 5.14. The first-order valence-corrected chi connectivity index (χ1v) is 7.71. The zero-order valence-corrected chi connectivity index (χ0v) is 11.2. The minimum absolute atomic E-state index is 0.576. The molecule has 0 amide bonds. The van der Waals surface area contributed by atoms with Gasteiger partial charge >= 0.3 is 0 Å². The zero-order valence-electron chi connectivity index (χ0n) is 11.2. The predicted octanol–water partition coefficient (Wildman–Crippen LogP) is 2.97. The molecule has 98 valence electrons. The van der Waals surface area contributed by atoms with Crippen molar-refractivity contribution in [1.82, 2.24) is 5.32 Å². The van der Waals surface area contributed by atoms with Crippen LogP contribution in [0.2, 0.25) is 0 Å². The maximum Gasteiger partial charge on any atom is 0.0576 e. The Balaban J connectivity index is 1.45. The second-order valence-electron chi connectivity index (χ2n) is 6.36. The Morgan fingerprint density at radius 1 is 1.24 bits per heavy atom. The highest BCUT2D eigenvalue weighted by molar-refractivity contribution is 4.99. The quantitative estimate of drug-likeness (QED) is 0.767. The van der Waals surface area contributed by atoms with Crippen LogP contribution < -0.4 is 5.32 Å². The summed E-state index contributed by atoms with van der Waals surface area (Å²) in [4.78, 5) is 0. The maximum atomic E-state index is 5.75. The molecule has 0 bridgehead atoms.